The Morgan fingerprint density at radius 2 is 2.00 bits per heavy atom. The molecule has 0 aliphatic carbocycles. The molecule has 0 aliphatic heterocycles. The first-order valence-electron chi connectivity index (χ1n) is 5.10. The van der Waals surface area contributed by atoms with Crippen LogP contribution in [-0.2, 0) is 6.42 Å². The summed E-state index contributed by atoms with van der Waals surface area (Å²) in [5, 5.41) is 0.625. The van der Waals surface area contributed by atoms with Crippen molar-refractivity contribution in [3.63, 3.8) is 0 Å². The summed E-state index contributed by atoms with van der Waals surface area (Å²) in [5.41, 5.74) is 1.79. The number of thiophene rings is 1. The molecule has 0 amide bonds. The van der Waals surface area contributed by atoms with Crippen LogP contribution in [0.1, 0.15) is 20.8 Å². The first-order valence-corrected chi connectivity index (χ1v) is 6.67. The van der Waals surface area contributed by atoms with Crippen LogP contribution in [0.5, 0.6) is 0 Å². The lowest BCUT2D eigenvalue weighted by atomic mass is 10.1. The van der Waals surface area contributed by atoms with Crippen LogP contribution in [0.3, 0.4) is 0 Å². The lowest BCUT2D eigenvalue weighted by Gasteiger charge is -2.01. The first kappa shape index (κ1) is 12.6. The maximum Gasteiger partial charge on any atom is 0.177 e. The Morgan fingerprint density at radius 1 is 1.29 bits per heavy atom. The van der Waals surface area contributed by atoms with Crippen LogP contribution in [0.25, 0.3) is 0 Å². The number of rotatable bonds is 3. The third kappa shape index (κ3) is 2.89. The molecule has 1 aromatic carbocycles. The van der Waals surface area contributed by atoms with Gasteiger partial charge in [-0.15, -0.1) is 11.3 Å². The molecular formula is C13H10Cl2OS. The highest BCUT2D eigenvalue weighted by Gasteiger charge is 2.13. The zero-order chi connectivity index (χ0) is 12.4. The molecule has 0 unspecified atom stereocenters. The van der Waals surface area contributed by atoms with Gasteiger partial charge in [-0.3, -0.25) is 4.79 Å². The van der Waals surface area contributed by atoms with Gasteiger partial charge in [0.15, 0.2) is 5.78 Å². The quantitative estimate of drug-likeness (QED) is 0.741. The Kier molecular flexibility index (Phi) is 3.87. The minimum atomic E-state index is 0.0538. The first-order chi connectivity index (χ1) is 8.08. The van der Waals surface area contributed by atoms with Gasteiger partial charge in [-0.05, 0) is 30.2 Å². The van der Waals surface area contributed by atoms with Crippen LogP contribution in [0.15, 0.2) is 30.3 Å². The lowest BCUT2D eigenvalue weighted by molar-refractivity contribution is 0.0997. The molecule has 88 valence electrons. The second-order valence-electron chi connectivity index (χ2n) is 3.76. The molecule has 17 heavy (non-hydrogen) atoms. The third-order valence-corrected chi connectivity index (χ3v) is 4.41. The summed E-state index contributed by atoms with van der Waals surface area (Å²) < 4.78 is 0.674. The van der Waals surface area contributed by atoms with Gasteiger partial charge >= 0.3 is 0 Å². The van der Waals surface area contributed by atoms with Crippen molar-refractivity contribution in [2.45, 2.75) is 13.3 Å². The van der Waals surface area contributed by atoms with Gasteiger partial charge in [0.1, 0.15) is 0 Å². The van der Waals surface area contributed by atoms with Crippen molar-refractivity contribution >= 4 is 40.3 Å². The maximum absolute atomic E-state index is 12.0. The number of benzene rings is 1. The largest absolute Gasteiger partial charge is 0.293 e. The fraction of sp³-hybridized carbons (Fsp3) is 0.154. The molecule has 1 aromatic heterocycles. The van der Waals surface area contributed by atoms with Crippen LogP contribution in [-0.4, -0.2) is 5.78 Å². The summed E-state index contributed by atoms with van der Waals surface area (Å²) in [6.45, 7) is 1.89. The van der Waals surface area contributed by atoms with Gasteiger partial charge < -0.3 is 0 Å². The zero-order valence-corrected chi connectivity index (χ0v) is 11.5. The molecule has 4 heteroatoms. The van der Waals surface area contributed by atoms with Crippen molar-refractivity contribution < 1.29 is 4.79 Å². The normalized spacial score (nSPS) is 10.5. The molecule has 0 radical (unpaired) electrons. The fourth-order valence-corrected chi connectivity index (χ4v) is 2.84. The third-order valence-electron chi connectivity index (χ3n) is 2.44. The smallest absolute Gasteiger partial charge is 0.177 e. The topological polar surface area (TPSA) is 17.1 Å². The number of Topliss-reactive ketones (excluding diaryl/α,β-unsaturated/α-hetero) is 1. The van der Waals surface area contributed by atoms with Crippen molar-refractivity contribution in [2.75, 3.05) is 0 Å². The van der Waals surface area contributed by atoms with E-state index < -0.39 is 0 Å². The van der Waals surface area contributed by atoms with Crippen molar-refractivity contribution in [2.24, 2.45) is 0 Å². The number of carbonyl (C=O) groups excluding carboxylic acids is 1. The summed E-state index contributed by atoms with van der Waals surface area (Å²) in [5.74, 6) is 0.0538. The highest BCUT2D eigenvalue weighted by molar-refractivity contribution is 7.18. The van der Waals surface area contributed by atoms with Crippen LogP contribution < -0.4 is 0 Å². The molecule has 1 nitrogen and oxygen atoms in total. The lowest BCUT2D eigenvalue weighted by Crippen LogP contribution is -2.01. The Bertz CT molecular complexity index is 541. The second kappa shape index (κ2) is 5.21. The van der Waals surface area contributed by atoms with Gasteiger partial charge in [0.05, 0.1) is 9.21 Å². The molecule has 0 bridgehead atoms. The average molecular weight is 285 g/mol. The molecule has 0 spiro atoms. The Morgan fingerprint density at radius 3 is 2.59 bits per heavy atom. The highest BCUT2D eigenvalue weighted by atomic mass is 35.5. The zero-order valence-electron chi connectivity index (χ0n) is 9.17. The molecule has 2 rings (SSSR count). The number of hydrogen-bond acceptors (Lipinski definition) is 2. The van der Waals surface area contributed by atoms with Crippen LogP contribution in [0.4, 0.5) is 0 Å². The molecule has 1 heterocycles. The van der Waals surface area contributed by atoms with E-state index in [0.717, 1.165) is 11.1 Å². The van der Waals surface area contributed by atoms with Crippen LogP contribution in [0.2, 0.25) is 9.36 Å². The molecule has 0 atom stereocenters. The number of halogens is 2. The van der Waals surface area contributed by atoms with E-state index in [1.165, 1.54) is 11.3 Å². The Balaban J connectivity index is 2.20. The summed E-state index contributed by atoms with van der Waals surface area (Å²) in [6, 6.07) is 9.20. The van der Waals surface area contributed by atoms with E-state index in [1.807, 2.05) is 31.2 Å². The Labute approximate surface area is 114 Å². The summed E-state index contributed by atoms with van der Waals surface area (Å²) in [6.07, 6.45) is 0.315. The van der Waals surface area contributed by atoms with Crippen molar-refractivity contribution in [3.8, 4) is 0 Å². The van der Waals surface area contributed by atoms with E-state index in [2.05, 4.69) is 0 Å². The number of aryl methyl sites for hydroxylation is 1. The number of carbonyl (C=O) groups is 1. The highest BCUT2D eigenvalue weighted by Crippen LogP contribution is 2.28. The Hall–Kier alpha value is -0.830. The number of ketones is 1. The van der Waals surface area contributed by atoms with E-state index in [-0.39, 0.29) is 5.78 Å². The SMILES string of the molecule is Cc1cc(C(=O)Cc2ccccc2Cl)sc1Cl. The molecule has 0 saturated carbocycles. The summed E-state index contributed by atoms with van der Waals surface area (Å²) in [4.78, 5) is 12.7. The molecule has 0 aliphatic rings. The van der Waals surface area contributed by atoms with Gasteiger partial charge in [0.2, 0.25) is 0 Å². The second-order valence-corrected chi connectivity index (χ2v) is 5.82. The van der Waals surface area contributed by atoms with Crippen molar-refractivity contribution in [3.05, 3.63) is 55.7 Å². The molecule has 0 fully saturated rings. The maximum atomic E-state index is 12.0. The van der Waals surface area contributed by atoms with Gasteiger partial charge in [-0.1, -0.05) is 41.4 Å². The van der Waals surface area contributed by atoms with E-state index >= 15 is 0 Å². The van der Waals surface area contributed by atoms with Gasteiger partial charge in [0, 0.05) is 11.4 Å². The predicted octanol–water partition coefficient (Wildman–Crippen LogP) is 4.79. The standard InChI is InChI=1S/C13H10Cl2OS/c1-8-6-12(17-13(8)15)11(16)7-9-4-2-3-5-10(9)14/h2-6H,7H2,1H3. The van der Waals surface area contributed by atoms with Gasteiger partial charge in [-0.25, -0.2) is 0 Å². The molecule has 0 saturated heterocycles. The number of hydrogen-bond donors (Lipinski definition) is 0. The monoisotopic (exact) mass is 284 g/mol. The molecule has 2 aromatic rings. The fourth-order valence-electron chi connectivity index (χ4n) is 1.50. The summed E-state index contributed by atoms with van der Waals surface area (Å²) >= 11 is 13.3. The minimum absolute atomic E-state index is 0.0538. The minimum Gasteiger partial charge on any atom is -0.293 e. The van der Waals surface area contributed by atoms with E-state index in [0.29, 0.717) is 20.7 Å². The van der Waals surface area contributed by atoms with Crippen molar-refractivity contribution in [1.29, 1.82) is 0 Å². The predicted molar refractivity (Wildman–Crippen MR) is 73.6 cm³/mol. The van der Waals surface area contributed by atoms with Gasteiger partial charge in [-0.2, -0.15) is 0 Å². The van der Waals surface area contributed by atoms with E-state index in [4.69, 9.17) is 23.2 Å². The van der Waals surface area contributed by atoms with Gasteiger partial charge in [0.25, 0.3) is 0 Å². The molecule has 0 N–H and O–H groups in total. The van der Waals surface area contributed by atoms with E-state index in [1.54, 1.807) is 6.07 Å². The average Bonchev–Trinajstić information content (AvgIpc) is 2.63. The van der Waals surface area contributed by atoms with Crippen molar-refractivity contribution in [1.82, 2.24) is 0 Å². The summed E-state index contributed by atoms with van der Waals surface area (Å²) in [7, 11) is 0. The van der Waals surface area contributed by atoms with Crippen LogP contribution >= 0.6 is 34.5 Å². The van der Waals surface area contributed by atoms with Crippen LogP contribution in [0, 0.1) is 6.92 Å². The molecular weight excluding hydrogens is 275 g/mol. The van der Waals surface area contributed by atoms with E-state index in [9.17, 15) is 4.79 Å².